The number of aromatic nitrogens is 1. The zero-order chi connectivity index (χ0) is 15.2. The van der Waals surface area contributed by atoms with E-state index in [1.54, 1.807) is 12.4 Å². The second-order valence-corrected chi connectivity index (χ2v) is 5.06. The quantitative estimate of drug-likeness (QED) is 0.889. The molecule has 1 unspecified atom stereocenters. The minimum Gasteiger partial charge on any atom is -0.387 e. The van der Waals surface area contributed by atoms with Crippen LogP contribution >= 0.6 is 0 Å². The molecule has 0 aliphatic carbocycles. The van der Waals surface area contributed by atoms with E-state index < -0.39 is 17.7 Å². The maximum Gasteiger partial charge on any atom is 0.159 e. The first kappa shape index (κ1) is 15.5. The highest BCUT2D eigenvalue weighted by molar-refractivity contribution is 5.20. The van der Waals surface area contributed by atoms with Crippen molar-refractivity contribution in [2.45, 2.75) is 12.5 Å². The summed E-state index contributed by atoms with van der Waals surface area (Å²) in [7, 11) is 1.88. The van der Waals surface area contributed by atoms with Crippen LogP contribution in [-0.2, 0) is 6.42 Å². The van der Waals surface area contributed by atoms with Crippen molar-refractivity contribution in [3.63, 3.8) is 0 Å². The monoisotopic (exact) mass is 292 g/mol. The van der Waals surface area contributed by atoms with Crippen molar-refractivity contribution in [3.8, 4) is 0 Å². The van der Waals surface area contributed by atoms with E-state index in [0.29, 0.717) is 12.1 Å². The van der Waals surface area contributed by atoms with Gasteiger partial charge < -0.3 is 10.0 Å². The van der Waals surface area contributed by atoms with Gasteiger partial charge in [0.15, 0.2) is 11.6 Å². The van der Waals surface area contributed by atoms with Crippen LogP contribution < -0.4 is 0 Å². The Kier molecular flexibility index (Phi) is 5.36. The van der Waals surface area contributed by atoms with Crippen LogP contribution in [-0.4, -0.2) is 35.1 Å². The summed E-state index contributed by atoms with van der Waals surface area (Å²) in [6.45, 7) is 1.11. The van der Waals surface area contributed by atoms with Gasteiger partial charge in [-0.25, -0.2) is 8.78 Å². The number of hydrogen-bond donors (Lipinski definition) is 1. The summed E-state index contributed by atoms with van der Waals surface area (Å²) in [6.07, 6.45) is 3.48. The predicted octanol–water partition coefficient (Wildman–Crippen LogP) is 2.57. The van der Waals surface area contributed by atoms with Crippen LogP contribution in [0.4, 0.5) is 8.78 Å². The number of halogens is 2. The van der Waals surface area contributed by atoms with Crippen LogP contribution in [0, 0.1) is 11.6 Å². The molecule has 0 saturated heterocycles. The van der Waals surface area contributed by atoms with E-state index in [4.69, 9.17) is 0 Å². The molecule has 1 heterocycles. The molecule has 0 bridgehead atoms. The molecule has 1 aromatic heterocycles. The Balaban J connectivity index is 1.86. The third kappa shape index (κ3) is 4.58. The van der Waals surface area contributed by atoms with Crippen molar-refractivity contribution in [2.75, 3.05) is 20.1 Å². The molecule has 3 nitrogen and oxygen atoms in total. The van der Waals surface area contributed by atoms with Crippen LogP contribution in [0.25, 0.3) is 0 Å². The Labute approximate surface area is 122 Å². The highest BCUT2D eigenvalue weighted by Gasteiger charge is 2.13. The van der Waals surface area contributed by atoms with Crippen LogP contribution in [0.1, 0.15) is 17.2 Å². The second-order valence-electron chi connectivity index (χ2n) is 5.06. The lowest BCUT2D eigenvalue weighted by atomic mass is 10.1. The van der Waals surface area contributed by atoms with Gasteiger partial charge in [-0.3, -0.25) is 4.98 Å². The largest absolute Gasteiger partial charge is 0.387 e. The molecule has 0 amide bonds. The van der Waals surface area contributed by atoms with E-state index in [-0.39, 0.29) is 0 Å². The number of nitrogens with zero attached hydrogens (tertiary/aromatic N) is 2. The molecule has 0 aliphatic heterocycles. The molecule has 0 radical (unpaired) electrons. The van der Waals surface area contributed by atoms with Crippen molar-refractivity contribution in [3.05, 3.63) is 65.5 Å². The SMILES string of the molecule is CN(CCc1ccncc1)CC(O)c1ccc(F)c(F)c1. The molecule has 1 N–H and O–H groups in total. The van der Waals surface area contributed by atoms with Gasteiger partial charge in [0.1, 0.15) is 0 Å². The summed E-state index contributed by atoms with van der Waals surface area (Å²) in [6, 6.07) is 7.36. The average Bonchev–Trinajstić information content (AvgIpc) is 2.49. The van der Waals surface area contributed by atoms with E-state index in [2.05, 4.69) is 4.98 Å². The lowest BCUT2D eigenvalue weighted by Gasteiger charge is -2.20. The molecule has 112 valence electrons. The van der Waals surface area contributed by atoms with Crippen LogP contribution in [0.5, 0.6) is 0 Å². The minimum atomic E-state index is -0.939. The number of hydrogen-bond acceptors (Lipinski definition) is 3. The zero-order valence-electron chi connectivity index (χ0n) is 11.8. The number of benzene rings is 1. The second kappa shape index (κ2) is 7.24. The van der Waals surface area contributed by atoms with Crippen molar-refractivity contribution in [2.24, 2.45) is 0 Å². The van der Waals surface area contributed by atoms with Crippen molar-refractivity contribution in [1.29, 1.82) is 0 Å². The standard InChI is InChI=1S/C16H18F2N2O/c1-20(9-6-12-4-7-19-8-5-12)11-16(21)13-2-3-14(17)15(18)10-13/h2-5,7-8,10,16,21H,6,9,11H2,1H3. The van der Waals surface area contributed by atoms with E-state index in [0.717, 1.165) is 25.1 Å². The molecule has 0 saturated carbocycles. The highest BCUT2D eigenvalue weighted by atomic mass is 19.2. The van der Waals surface area contributed by atoms with Gasteiger partial charge in [-0.15, -0.1) is 0 Å². The summed E-state index contributed by atoms with van der Waals surface area (Å²) < 4.78 is 26.0. The van der Waals surface area contributed by atoms with Gasteiger partial charge in [-0.1, -0.05) is 6.07 Å². The highest BCUT2D eigenvalue weighted by Crippen LogP contribution is 2.17. The van der Waals surface area contributed by atoms with Crippen molar-refractivity contribution >= 4 is 0 Å². The van der Waals surface area contributed by atoms with Gasteiger partial charge >= 0.3 is 0 Å². The Bertz CT molecular complexity index is 578. The average molecular weight is 292 g/mol. The van der Waals surface area contributed by atoms with Gasteiger partial charge in [0.25, 0.3) is 0 Å². The maximum absolute atomic E-state index is 13.1. The molecule has 5 heteroatoms. The molecule has 0 spiro atoms. The molecule has 0 fully saturated rings. The fourth-order valence-corrected chi connectivity index (χ4v) is 2.08. The van der Waals surface area contributed by atoms with Crippen LogP contribution in [0.2, 0.25) is 0 Å². The lowest BCUT2D eigenvalue weighted by molar-refractivity contribution is 0.127. The lowest BCUT2D eigenvalue weighted by Crippen LogP contribution is -2.26. The first-order chi connectivity index (χ1) is 10.1. The van der Waals surface area contributed by atoms with Gasteiger partial charge in [0, 0.05) is 25.5 Å². The molecule has 1 aromatic carbocycles. The third-order valence-corrected chi connectivity index (χ3v) is 3.34. The zero-order valence-corrected chi connectivity index (χ0v) is 11.8. The van der Waals surface area contributed by atoms with Gasteiger partial charge in [-0.05, 0) is 48.9 Å². The Morgan fingerprint density at radius 1 is 1.14 bits per heavy atom. The molecule has 2 rings (SSSR count). The number of likely N-dealkylation sites (N-methyl/N-ethyl adjacent to an activating group) is 1. The molecule has 1 atom stereocenters. The van der Waals surface area contributed by atoms with Gasteiger partial charge in [0.05, 0.1) is 6.10 Å². The fraction of sp³-hybridized carbons (Fsp3) is 0.312. The molecular formula is C16H18F2N2O. The Morgan fingerprint density at radius 3 is 2.52 bits per heavy atom. The van der Waals surface area contributed by atoms with Crippen LogP contribution in [0.15, 0.2) is 42.7 Å². The van der Waals surface area contributed by atoms with Crippen molar-refractivity contribution < 1.29 is 13.9 Å². The summed E-state index contributed by atoms with van der Waals surface area (Å²) in [5.74, 6) is -1.84. The fourth-order valence-electron chi connectivity index (χ4n) is 2.08. The summed E-state index contributed by atoms with van der Waals surface area (Å²) in [5, 5.41) is 10.1. The third-order valence-electron chi connectivity index (χ3n) is 3.34. The number of rotatable bonds is 6. The maximum atomic E-state index is 13.1. The number of aliphatic hydroxyl groups is 1. The summed E-state index contributed by atoms with van der Waals surface area (Å²) >= 11 is 0. The minimum absolute atomic E-state index is 0.357. The molecule has 2 aromatic rings. The van der Waals surface area contributed by atoms with Gasteiger partial charge in [-0.2, -0.15) is 0 Å². The first-order valence-electron chi connectivity index (χ1n) is 6.76. The predicted molar refractivity (Wildman–Crippen MR) is 76.8 cm³/mol. The topological polar surface area (TPSA) is 36.4 Å². The molecule has 21 heavy (non-hydrogen) atoms. The molecule has 0 aliphatic rings. The first-order valence-corrected chi connectivity index (χ1v) is 6.76. The smallest absolute Gasteiger partial charge is 0.159 e. The van der Waals surface area contributed by atoms with Gasteiger partial charge in [0.2, 0.25) is 0 Å². The Morgan fingerprint density at radius 2 is 1.86 bits per heavy atom. The van der Waals surface area contributed by atoms with E-state index in [1.807, 2.05) is 24.1 Å². The number of aliphatic hydroxyl groups excluding tert-OH is 1. The van der Waals surface area contributed by atoms with Crippen molar-refractivity contribution in [1.82, 2.24) is 9.88 Å². The summed E-state index contributed by atoms with van der Waals surface area (Å²) in [5.41, 5.74) is 1.55. The van der Waals surface area contributed by atoms with E-state index in [1.165, 1.54) is 11.6 Å². The summed E-state index contributed by atoms with van der Waals surface area (Å²) in [4.78, 5) is 5.91. The Hall–Kier alpha value is -1.85. The normalized spacial score (nSPS) is 12.6. The molecular weight excluding hydrogens is 274 g/mol. The number of pyridine rings is 1. The van der Waals surface area contributed by atoms with E-state index >= 15 is 0 Å². The van der Waals surface area contributed by atoms with E-state index in [9.17, 15) is 13.9 Å². The van der Waals surface area contributed by atoms with Crippen LogP contribution in [0.3, 0.4) is 0 Å².